The lowest BCUT2D eigenvalue weighted by Gasteiger charge is -2.16. The fourth-order valence-electron chi connectivity index (χ4n) is 1.75. The lowest BCUT2D eigenvalue weighted by molar-refractivity contribution is -0.117. The van der Waals surface area contributed by atoms with Gasteiger partial charge in [0, 0.05) is 5.41 Å². The number of esters is 1. The number of ether oxygens (including phenoxy) is 1. The van der Waals surface area contributed by atoms with Crippen molar-refractivity contribution in [3.63, 3.8) is 0 Å². The molecule has 0 aliphatic heterocycles. The monoisotopic (exact) mass is 313 g/mol. The number of amides is 1. The van der Waals surface area contributed by atoms with E-state index in [1.807, 2.05) is 27.7 Å². The number of hydrogen-bond acceptors (Lipinski definition) is 6. The summed E-state index contributed by atoms with van der Waals surface area (Å²) in [5.41, 5.74) is 6.05. The second kappa shape index (κ2) is 7.00. The summed E-state index contributed by atoms with van der Waals surface area (Å²) < 4.78 is 4.77. The third kappa shape index (κ3) is 4.50. The van der Waals surface area contributed by atoms with Gasteiger partial charge in [-0.15, -0.1) is 0 Å². The van der Waals surface area contributed by atoms with Gasteiger partial charge in [-0.05, 0) is 6.42 Å². The summed E-state index contributed by atoms with van der Waals surface area (Å²) in [6.45, 7) is 7.80. The van der Waals surface area contributed by atoms with E-state index >= 15 is 0 Å². The van der Waals surface area contributed by atoms with Crippen LogP contribution in [0.3, 0.4) is 0 Å². The normalized spacial score (nSPS) is 12.9. The van der Waals surface area contributed by atoms with Gasteiger partial charge < -0.3 is 15.8 Å². The topological polar surface area (TPSA) is 94.3 Å². The molecule has 0 aliphatic carbocycles. The number of methoxy groups -OCH3 is 1. The second-order valence-electron chi connectivity index (χ2n) is 5.82. The summed E-state index contributed by atoms with van der Waals surface area (Å²) >= 11 is 1.11. The van der Waals surface area contributed by atoms with Gasteiger partial charge in [-0.25, -0.2) is 9.78 Å². The fraction of sp³-hybridized carbons (Fsp3) is 0.643. The van der Waals surface area contributed by atoms with Crippen molar-refractivity contribution in [1.82, 2.24) is 4.98 Å². The molecule has 0 aromatic carbocycles. The zero-order valence-electron chi connectivity index (χ0n) is 13.1. The molecule has 1 unspecified atom stereocenters. The minimum absolute atomic E-state index is 0.289. The summed E-state index contributed by atoms with van der Waals surface area (Å²) in [4.78, 5) is 28.5. The molecule has 1 atom stereocenters. The first-order chi connectivity index (χ1) is 9.70. The maximum atomic E-state index is 11.9. The first-order valence-electron chi connectivity index (χ1n) is 6.86. The van der Waals surface area contributed by atoms with Gasteiger partial charge in [-0.2, -0.15) is 0 Å². The maximum Gasteiger partial charge on any atom is 0.350 e. The van der Waals surface area contributed by atoms with E-state index in [1.54, 1.807) is 0 Å². The minimum atomic E-state index is -0.571. The van der Waals surface area contributed by atoms with Crippen LogP contribution < -0.4 is 11.1 Å². The van der Waals surface area contributed by atoms with Gasteiger partial charge in [0.1, 0.15) is 4.88 Å². The Morgan fingerprint density at radius 2 is 2.05 bits per heavy atom. The predicted molar refractivity (Wildman–Crippen MR) is 83.7 cm³/mol. The van der Waals surface area contributed by atoms with Gasteiger partial charge in [0.15, 0.2) is 5.13 Å². The third-order valence-corrected chi connectivity index (χ3v) is 3.83. The Kier molecular flexibility index (Phi) is 5.86. The lowest BCUT2D eigenvalue weighted by atomic mass is 9.91. The van der Waals surface area contributed by atoms with Crippen molar-refractivity contribution in [2.24, 2.45) is 5.73 Å². The van der Waals surface area contributed by atoms with Crippen LogP contribution in [-0.4, -0.2) is 30.0 Å². The Morgan fingerprint density at radius 1 is 1.43 bits per heavy atom. The highest BCUT2D eigenvalue weighted by Crippen LogP contribution is 2.32. The zero-order chi connectivity index (χ0) is 16.2. The van der Waals surface area contributed by atoms with Crippen molar-refractivity contribution in [3.8, 4) is 0 Å². The van der Waals surface area contributed by atoms with E-state index in [0.29, 0.717) is 22.1 Å². The van der Waals surface area contributed by atoms with Crippen LogP contribution >= 0.6 is 11.3 Å². The highest BCUT2D eigenvalue weighted by Gasteiger charge is 2.28. The quantitative estimate of drug-likeness (QED) is 0.813. The highest BCUT2D eigenvalue weighted by atomic mass is 32.1. The first-order valence-corrected chi connectivity index (χ1v) is 7.68. The number of carbonyl (C=O) groups is 2. The van der Waals surface area contributed by atoms with Crippen LogP contribution in [0.4, 0.5) is 5.13 Å². The number of hydrogen-bond donors (Lipinski definition) is 2. The van der Waals surface area contributed by atoms with Crippen molar-refractivity contribution in [3.05, 3.63) is 10.6 Å². The van der Waals surface area contributed by atoms with Crippen LogP contribution in [0.1, 0.15) is 55.9 Å². The van der Waals surface area contributed by atoms with Crippen LogP contribution in [0.25, 0.3) is 0 Å². The number of aromatic nitrogens is 1. The molecule has 1 aromatic rings. The molecule has 0 fully saturated rings. The molecule has 0 bridgehead atoms. The van der Waals surface area contributed by atoms with Gasteiger partial charge >= 0.3 is 5.97 Å². The molecular formula is C14H23N3O3S. The molecule has 3 N–H and O–H groups in total. The van der Waals surface area contributed by atoms with Crippen molar-refractivity contribution in [2.75, 3.05) is 12.4 Å². The largest absolute Gasteiger partial charge is 0.465 e. The maximum absolute atomic E-state index is 11.9. The standard InChI is InChI=1S/C14H23N3O3S/c1-6-7-8(15)11(18)17-13-16-10(14(2,3)4)9(21-13)12(19)20-5/h8H,6-7,15H2,1-5H3,(H,16,17,18). The Balaban J connectivity index is 3.03. The summed E-state index contributed by atoms with van der Waals surface area (Å²) in [6.07, 6.45) is 1.43. The number of carbonyl (C=O) groups excluding carboxylic acids is 2. The van der Waals surface area contributed by atoms with E-state index in [-0.39, 0.29) is 11.3 Å². The van der Waals surface area contributed by atoms with E-state index in [2.05, 4.69) is 10.3 Å². The molecular weight excluding hydrogens is 290 g/mol. The molecule has 0 radical (unpaired) electrons. The SMILES string of the molecule is CCCC(N)C(=O)Nc1nc(C(C)(C)C)c(C(=O)OC)s1. The zero-order valence-corrected chi connectivity index (χ0v) is 14.0. The van der Waals surface area contributed by atoms with Gasteiger partial charge in [-0.3, -0.25) is 4.79 Å². The van der Waals surface area contributed by atoms with Gasteiger partial charge in [0.2, 0.25) is 5.91 Å². The van der Waals surface area contributed by atoms with E-state index < -0.39 is 12.0 Å². The third-order valence-electron chi connectivity index (χ3n) is 2.87. The molecule has 1 amide bonds. The average Bonchev–Trinajstić information content (AvgIpc) is 2.82. The summed E-state index contributed by atoms with van der Waals surface area (Å²) in [6, 6.07) is -0.571. The molecule has 1 aromatic heterocycles. The van der Waals surface area contributed by atoms with Crippen molar-refractivity contribution < 1.29 is 14.3 Å². The number of thiazole rings is 1. The van der Waals surface area contributed by atoms with Crippen LogP contribution in [-0.2, 0) is 14.9 Å². The number of nitrogens with one attached hydrogen (secondary N) is 1. The van der Waals surface area contributed by atoms with Crippen molar-refractivity contribution >= 4 is 28.3 Å². The first kappa shape index (κ1) is 17.6. The Morgan fingerprint density at radius 3 is 2.52 bits per heavy atom. The molecule has 6 nitrogen and oxygen atoms in total. The van der Waals surface area contributed by atoms with E-state index in [4.69, 9.17) is 10.5 Å². The van der Waals surface area contributed by atoms with E-state index in [0.717, 1.165) is 17.8 Å². The Labute approximate surface area is 129 Å². The van der Waals surface area contributed by atoms with Crippen LogP contribution in [0.2, 0.25) is 0 Å². The molecule has 0 saturated heterocycles. The van der Waals surface area contributed by atoms with Crippen molar-refractivity contribution in [2.45, 2.75) is 52.0 Å². The highest BCUT2D eigenvalue weighted by molar-refractivity contribution is 7.17. The molecule has 1 rings (SSSR count). The molecule has 0 aliphatic rings. The van der Waals surface area contributed by atoms with Gasteiger partial charge in [0.05, 0.1) is 18.8 Å². The molecule has 21 heavy (non-hydrogen) atoms. The molecule has 0 spiro atoms. The Hall–Kier alpha value is -1.47. The van der Waals surface area contributed by atoms with Crippen LogP contribution in [0.5, 0.6) is 0 Å². The molecule has 118 valence electrons. The van der Waals surface area contributed by atoms with E-state index in [9.17, 15) is 9.59 Å². The Bertz CT molecular complexity index is 520. The van der Waals surface area contributed by atoms with Gasteiger partial charge in [0.25, 0.3) is 0 Å². The minimum Gasteiger partial charge on any atom is -0.465 e. The van der Waals surface area contributed by atoms with Crippen LogP contribution in [0.15, 0.2) is 0 Å². The lowest BCUT2D eigenvalue weighted by Crippen LogP contribution is -2.35. The molecule has 7 heteroatoms. The summed E-state index contributed by atoms with van der Waals surface area (Å²) in [5, 5.41) is 3.05. The smallest absolute Gasteiger partial charge is 0.350 e. The van der Waals surface area contributed by atoms with Gasteiger partial charge in [-0.1, -0.05) is 45.5 Å². The second-order valence-corrected chi connectivity index (χ2v) is 6.82. The molecule has 0 saturated carbocycles. The van der Waals surface area contributed by atoms with Crippen molar-refractivity contribution in [1.29, 1.82) is 0 Å². The molecule has 1 heterocycles. The summed E-state index contributed by atoms with van der Waals surface area (Å²) in [5.74, 6) is -0.738. The number of rotatable bonds is 5. The fourth-order valence-corrected chi connectivity index (χ4v) is 2.85. The van der Waals surface area contributed by atoms with Crippen LogP contribution in [0, 0.1) is 0 Å². The predicted octanol–water partition coefficient (Wildman–Crippen LogP) is 2.29. The van der Waals surface area contributed by atoms with E-state index in [1.165, 1.54) is 7.11 Å². The number of nitrogens with zero attached hydrogens (tertiary/aromatic N) is 1. The number of anilines is 1. The average molecular weight is 313 g/mol. The summed E-state index contributed by atoms with van der Waals surface area (Å²) in [7, 11) is 1.32. The number of nitrogens with two attached hydrogens (primary N) is 1.